The van der Waals surface area contributed by atoms with Crippen molar-refractivity contribution in [2.24, 2.45) is 0 Å². The van der Waals surface area contributed by atoms with Gasteiger partial charge in [-0.1, -0.05) is 0 Å². The zero-order chi connectivity index (χ0) is 16.2. The monoisotopic (exact) mass is 319 g/mol. The molecular formula is C16H25N5O2+2. The molecule has 7 nitrogen and oxygen atoms in total. The molecule has 0 spiro atoms. The van der Waals surface area contributed by atoms with Gasteiger partial charge in [0.2, 0.25) is 11.6 Å². The van der Waals surface area contributed by atoms with E-state index in [1.807, 2.05) is 0 Å². The van der Waals surface area contributed by atoms with Crippen molar-refractivity contribution >= 4 is 11.6 Å². The number of nitriles is 1. The summed E-state index contributed by atoms with van der Waals surface area (Å²) in [5, 5.41) is 22.2. The van der Waals surface area contributed by atoms with Crippen LogP contribution in [0.15, 0.2) is 0 Å². The molecule has 23 heavy (non-hydrogen) atoms. The molecular weight excluding hydrogens is 294 g/mol. The SMILES string of the molecule is C[NH+]1CCc2c(C#N)c(N3CCOCC3)[nH+]c(NCCO)c2C1. The van der Waals surface area contributed by atoms with E-state index in [1.54, 1.807) is 0 Å². The summed E-state index contributed by atoms with van der Waals surface area (Å²) >= 11 is 0. The van der Waals surface area contributed by atoms with Gasteiger partial charge < -0.3 is 20.1 Å². The number of hydrogen-bond donors (Lipinski definition) is 3. The molecule has 0 saturated carbocycles. The largest absolute Gasteiger partial charge is 0.393 e. The molecule has 3 heterocycles. The van der Waals surface area contributed by atoms with Gasteiger partial charge in [0, 0.05) is 6.42 Å². The number of quaternary nitrogens is 1. The molecule has 1 unspecified atom stereocenters. The van der Waals surface area contributed by atoms with Crippen LogP contribution in [-0.2, 0) is 17.7 Å². The van der Waals surface area contributed by atoms with Gasteiger partial charge in [-0.05, 0) is 5.56 Å². The second kappa shape index (κ2) is 7.13. The molecule has 0 aliphatic carbocycles. The Morgan fingerprint density at radius 3 is 2.87 bits per heavy atom. The third kappa shape index (κ3) is 3.24. The number of fused-ring (bicyclic) bond motifs is 1. The second-order valence-corrected chi connectivity index (χ2v) is 6.18. The van der Waals surface area contributed by atoms with Gasteiger partial charge >= 0.3 is 0 Å². The molecule has 3 rings (SSSR count). The number of pyridine rings is 1. The fourth-order valence-corrected chi connectivity index (χ4v) is 3.38. The van der Waals surface area contributed by atoms with E-state index in [-0.39, 0.29) is 6.61 Å². The van der Waals surface area contributed by atoms with Crippen LogP contribution < -0.4 is 20.1 Å². The molecule has 1 saturated heterocycles. The van der Waals surface area contributed by atoms with Gasteiger partial charge in [-0.15, -0.1) is 0 Å². The van der Waals surface area contributed by atoms with Crippen LogP contribution in [0.4, 0.5) is 11.6 Å². The van der Waals surface area contributed by atoms with E-state index < -0.39 is 0 Å². The summed E-state index contributed by atoms with van der Waals surface area (Å²) in [7, 11) is 2.17. The van der Waals surface area contributed by atoms with Crippen LogP contribution in [-0.4, -0.2) is 58.2 Å². The van der Waals surface area contributed by atoms with Crippen molar-refractivity contribution in [2.75, 3.05) is 63.3 Å². The van der Waals surface area contributed by atoms with Gasteiger partial charge in [0.15, 0.2) is 0 Å². The van der Waals surface area contributed by atoms with Crippen LogP contribution >= 0.6 is 0 Å². The lowest BCUT2D eigenvalue weighted by molar-refractivity contribution is -0.895. The Labute approximate surface area is 136 Å². The molecule has 0 amide bonds. The first-order valence-corrected chi connectivity index (χ1v) is 8.24. The third-order valence-electron chi connectivity index (χ3n) is 4.58. The minimum atomic E-state index is 0.0815. The number of ether oxygens (including phenoxy) is 1. The first-order valence-electron chi connectivity index (χ1n) is 8.24. The van der Waals surface area contributed by atoms with Crippen LogP contribution in [0.1, 0.15) is 16.7 Å². The number of aromatic amines is 1. The quantitative estimate of drug-likeness (QED) is 0.609. The summed E-state index contributed by atoms with van der Waals surface area (Å²) in [4.78, 5) is 7.05. The maximum Gasteiger partial charge on any atom is 0.240 e. The van der Waals surface area contributed by atoms with Crippen molar-refractivity contribution in [3.8, 4) is 6.07 Å². The molecule has 0 bridgehead atoms. The predicted molar refractivity (Wildman–Crippen MR) is 85.5 cm³/mol. The number of nitrogens with one attached hydrogen (secondary N) is 3. The van der Waals surface area contributed by atoms with Gasteiger partial charge in [0.1, 0.15) is 18.2 Å². The molecule has 1 aromatic heterocycles. The lowest BCUT2D eigenvalue weighted by Gasteiger charge is -2.28. The summed E-state index contributed by atoms with van der Waals surface area (Å²) in [6.07, 6.45) is 0.907. The molecule has 2 aliphatic rings. The van der Waals surface area contributed by atoms with E-state index in [0.717, 1.165) is 55.4 Å². The second-order valence-electron chi connectivity index (χ2n) is 6.18. The van der Waals surface area contributed by atoms with Crippen molar-refractivity contribution in [1.82, 2.24) is 0 Å². The maximum absolute atomic E-state index is 9.74. The predicted octanol–water partition coefficient (Wildman–Crippen LogP) is -1.82. The first-order chi connectivity index (χ1) is 11.2. The number of anilines is 2. The van der Waals surface area contributed by atoms with Crippen LogP contribution in [0, 0.1) is 11.3 Å². The average Bonchev–Trinajstić information content (AvgIpc) is 2.59. The summed E-state index contributed by atoms with van der Waals surface area (Å²) in [6, 6.07) is 2.42. The first kappa shape index (κ1) is 16.0. The number of aromatic nitrogens is 1. The summed E-state index contributed by atoms with van der Waals surface area (Å²) in [5.74, 6) is 1.82. The number of rotatable bonds is 4. The molecule has 0 aromatic carbocycles. The highest BCUT2D eigenvalue weighted by molar-refractivity contribution is 5.61. The molecule has 7 heteroatoms. The highest BCUT2D eigenvalue weighted by atomic mass is 16.5. The lowest BCUT2D eigenvalue weighted by atomic mass is 9.95. The van der Waals surface area contributed by atoms with Crippen molar-refractivity contribution < 1.29 is 19.7 Å². The Balaban J connectivity index is 2.06. The third-order valence-corrected chi connectivity index (χ3v) is 4.58. The van der Waals surface area contributed by atoms with Crippen LogP contribution in [0.5, 0.6) is 0 Å². The Kier molecular flexibility index (Phi) is 4.96. The summed E-state index contributed by atoms with van der Waals surface area (Å²) in [5.41, 5.74) is 3.10. The molecule has 1 fully saturated rings. The Morgan fingerprint density at radius 2 is 2.17 bits per heavy atom. The van der Waals surface area contributed by atoms with Crippen molar-refractivity contribution in [3.63, 3.8) is 0 Å². The van der Waals surface area contributed by atoms with E-state index in [0.29, 0.717) is 19.8 Å². The molecule has 1 atom stereocenters. The summed E-state index contributed by atoms with van der Waals surface area (Å²) < 4.78 is 5.43. The van der Waals surface area contributed by atoms with Crippen molar-refractivity contribution in [1.29, 1.82) is 5.26 Å². The molecule has 0 radical (unpaired) electrons. The minimum absolute atomic E-state index is 0.0815. The van der Waals surface area contributed by atoms with Gasteiger partial charge in [-0.3, -0.25) is 4.90 Å². The number of morpholine rings is 1. The van der Waals surface area contributed by atoms with E-state index in [4.69, 9.17) is 9.84 Å². The van der Waals surface area contributed by atoms with Gasteiger partial charge in [-0.25, -0.2) is 4.98 Å². The lowest BCUT2D eigenvalue weighted by Crippen LogP contribution is -3.08. The van der Waals surface area contributed by atoms with Crippen molar-refractivity contribution in [3.05, 3.63) is 16.7 Å². The summed E-state index contributed by atoms with van der Waals surface area (Å²) in [6.45, 7) is 5.44. The minimum Gasteiger partial charge on any atom is -0.393 e. The van der Waals surface area contributed by atoms with Gasteiger partial charge in [0.25, 0.3) is 0 Å². The van der Waals surface area contributed by atoms with Gasteiger partial charge in [0.05, 0.1) is 58.6 Å². The van der Waals surface area contributed by atoms with Crippen LogP contribution in [0.25, 0.3) is 0 Å². The number of nitrogens with zero attached hydrogens (tertiary/aromatic N) is 2. The number of aliphatic hydroxyl groups excluding tert-OH is 1. The number of likely N-dealkylation sites (N-methyl/N-ethyl adjacent to an activating group) is 1. The number of hydrogen-bond acceptors (Lipinski definition) is 5. The van der Waals surface area contributed by atoms with Crippen LogP contribution in [0.2, 0.25) is 0 Å². The molecule has 4 N–H and O–H groups in total. The van der Waals surface area contributed by atoms with Crippen molar-refractivity contribution in [2.45, 2.75) is 13.0 Å². The molecule has 1 aromatic rings. The fourth-order valence-electron chi connectivity index (χ4n) is 3.38. The van der Waals surface area contributed by atoms with E-state index in [9.17, 15) is 5.26 Å². The topological polar surface area (TPSA) is 87.1 Å². The average molecular weight is 319 g/mol. The number of H-pyrrole nitrogens is 1. The highest BCUT2D eigenvalue weighted by Crippen LogP contribution is 2.27. The Hall–Kier alpha value is -1.88. The fraction of sp³-hybridized carbons (Fsp3) is 0.625. The Morgan fingerprint density at radius 1 is 1.39 bits per heavy atom. The maximum atomic E-state index is 9.74. The normalized spacial score (nSPS) is 20.7. The highest BCUT2D eigenvalue weighted by Gasteiger charge is 2.31. The molecule has 124 valence electrons. The Bertz CT molecular complexity index is 607. The van der Waals surface area contributed by atoms with Crippen LogP contribution in [0.3, 0.4) is 0 Å². The standard InChI is InChI=1S/C16H23N5O2/c1-20-4-2-12-13(10-17)16(21-5-8-23-9-6-21)19-15(14(12)11-20)18-3-7-22/h22H,2-9,11H2,1H3,(H,18,19)/p+2. The smallest absolute Gasteiger partial charge is 0.240 e. The van der Waals surface area contributed by atoms with E-state index >= 15 is 0 Å². The van der Waals surface area contributed by atoms with E-state index in [2.05, 4.69) is 28.3 Å². The van der Waals surface area contributed by atoms with E-state index in [1.165, 1.54) is 10.5 Å². The van der Waals surface area contributed by atoms with Gasteiger partial charge in [-0.2, -0.15) is 5.26 Å². The zero-order valence-corrected chi connectivity index (χ0v) is 13.6. The zero-order valence-electron chi connectivity index (χ0n) is 13.6. The molecule has 2 aliphatic heterocycles. The number of aliphatic hydroxyl groups is 1.